The second-order valence-corrected chi connectivity index (χ2v) is 5.52. The molecule has 0 fully saturated rings. The first-order chi connectivity index (χ1) is 9.04. The number of hydrogen-bond acceptors (Lipinski definition) is 7. The van der Waals surface area contributed by atoms with Gasteiger partial charge in [0.15, 0.2) is 10.0 Å². The largest absolute Gasteiger partial charge is 0.481 e. The highest BCUT2D eigenvalue weighted by Crippen LogP contribution is 2.28. The van der Waals surface area contributed by atoms with E-state index in [1.54, 1.807) is 11.4 Å². The minimum absolute atomic E-state index is 0.0926. The zero-order valence-corrected chi connectivity index (χ0v) is 11.1. The number of thiazole rings is 1. The third-order valence-electron chi connectivity index (χ3n) is 1.95. The minimum Gasteiger partial charge on any atom is -0.481 e. The summed E-state index contributed by atoms with van der Waals surface area (Å²) < 4.78 is 0.664. The second-order valence-electron chi connectivity index (χ2n) is 3.40. The molecule has 0 aromatic carbocycles. The van der Waals surface area contributed by atoms with Crippen molar-refractivity contribution in [2.24, 2.45) is 5.73 Å². The SMILES string of the molecule is NC(=O)c1ccc(Sc2nc(CC(=O)O)cs2)nn1. The van der Waals surface area contributed by atoms with Gasteiger partial charge in [0.2, 0.25) is 0 Å². The molecule has 0 saturated carbocycles. The van der Waals surface area contributed by atoms with E-state index < -0.39 is 11.9 Å². The van der Waals surface area contributed by atoms with E-state index in [0.717, 1.165) is 0 Å². The predicted octanol–water partition coefficient (Wildman–Crippen LogP) is 0.810. The fourth-order valence-electron chi connectivity index (χ4n) is 1.17. The van der Waals surface area contributed by atoms with Gasteiger partial charge >= 0.3 is 5.97 Å². The van der Waals surface area contributed by atoms with Crippen molar-refractivity contribution in [3.05, 3.63) is 28.9 Å². The van der Waals surface area contributed by atoms with Crippen LogP contribution >= 0.6 is 23.1 Å². The first-order valence-corrected chi connectivity index (χ1v) is 6.72. The number of nitrogens with two attached hydrogens (primary N) is 1. The van der Waals surface area contributed by atoms with E-state index in [9.17, 15) is 9.59 Å². The van der Waals surface area contributed by atoms with Crippen LogP contribution in [-0.4, -0.2) is 32.2 Å². The number of rotatable bonds is 5. The Morgan fingerprint density at radius 2 is 2.16 bits per heavy atom. The fraction of sp³-hybridized carbons (Fsp3) is 0.100. The Bertz CT molecular complexity index is 611. The number of aliphatic carboxylic acids is 1. The molecule has 2 rings (SSSR count). The molecule has 0 unspecified atom stereocenters. The maximum absolute atomic E-state index is 10.8. The summed E-state index contributed by atoms with van der Waals surface area (Å²) >= 11 is 2.57. The zero-order chi connectivity index (χ0) is 13.8. The van der Waals surface area contributed by atoms with Gasteiger partial charge in [0.25, 0.3) is 5.91 Å². The summed E-state index contributed by atoms with van der Waals surface area (Å²) in [5.41, 5.74) is 5.65. The van der Waals surface area contributed by atoms with Gasteiger partial charge in [-0.15, -0.1) is 21.5 Å². The summed E-state index contributed by atoms with van der Waals surface area (Å²) in [7, 11) is 0. The highest BCUT2D eigenvalue weighted by Gasteiger charge is 2.09. The molecule has 2 aromatic rings. The lowest BCUT2D eigenvalue weighted by Gasteiger charge is -1.96. The number of carbonyl (C=O) groups is 2. The van der Waals surface area contributed by atoms with Gasteiger partial charge in [0, 0.05) is 5.38 Å². The Morgan fingerprint density at radius 3 is 2.74 bits per heavy atom. The fourth-order valence-corrected chi connectivity index (χ4v) is 2.86. The topological polar surface area (TPSA) is 119 Å². The van der Waals surface area contributed by atoms with Gasteiger partial charge in [-0.2, -0.15) is 0 Å². The standard InChI is InChI=1S/C10H8N4O3S2/c11-9(17)6-1-2-7(14-13-6)19-10-12-5(4-18-10)3-8(15)16/h1-2,4H,3H2,(H2,11,17)(H,15,16). The molecule has 7 nitrogen and oxygen atoms in total. The number of aromatic nitrogens is 3. The summed E-state index contributed by atoms with van der Waals surface area (Å²) in [6.07, 6.45) is -0.108. The van der Waals surface area contributed by atoms with Crippen molar-refractivity contribution >= 4 is 35.0 Å². The Kier molecular flexibility index (Phi) is 4.07. The highest BCUT2D eigenvalue weighted by atomic mass is 32.2. The number of hydrogen-bond donors (Lipinski definition) is 2. The Morgan fingerprint density at radius 1 is 1.37 bits per heavy atom. The summed E-state index contributed by atoms with van der Waals surface area (Å²) in [6, 6.07) is 3.08. The first-order valence-electron chi connectivity index (χ1n) is 5.02. The molecule has 3 N–H and O–H groups in total. The number of carbonyl (C=O) groups excluding carboxylic acids is 1. The minimum atomic E-state index is -0.924. The normalized spacial score (nSPS) is 10.3. The van der Waals surface area contributed by atoms with Crippen LogP contribution in [0.15, 0.2) is 26.9 Å². The third-order valence-corrected chi connectivity index (χ3v) is 3.86. The summed E-state index contributed by atoms with van der Waals surface area (Å²) in [4.78, 5) is 25.5. The molecule has 98 valence electrons. The molecule has 0 spiro atoms. The monoisotopic (exact) mass is 296 g/mol. The molecule has 9 heteroatoms. The van der Waals surface area contributed by atoms with Crippen LogP contribution in [0.4, 0.5) is 0 Å². The predicted molar refractivity (Wildman–Crippen MR) is 68.1 cm³/mol. The van der Waals surface area contributed by atoms with Crippen molar-refractivity contribution in [3.8, 4) is 0 Å². The van der Waals surface area contributed by atoms with Crippen molar-refractivity contribution in [3.63, 3.8) is 0 Å². The molecular weight excluding hydrogens is 288 g/mol. The molecule has 19 heavy (non-hydrogen) atoms. The number of nitrogens with zero attached hydrogens (tertiary/aromatic N) is 3. The molecule has 0 aliphatic carbocycles. The van der Waals surface area contributed by atoms with Gasteiger partial charge in [-0.25, -0.2) is 4.98 Å². The van der Waals surface area contributed by atoms with E-state index in [4.69, 9.17) is 10.8 Å². The van der Waals surface area contributed by atoms with Crippen molar-refractivity contribution in [2.75, 3.05) is 0 Å². The molecule has 2 aromatic heterocycles. The first kappa shape index (κ1) is 13.4. The van der Waals surface area contributed by atoms with Crippen LogP contribution in [0.25, 0.3) is 0 Å². The maximum atomic E-state index is 10.8. The third kappa shape index (κ3) is 3.73. The van der Waals surface area contributed by atoms with Crippen LogP contribution in [-0.2, 0) is 11.2 Å². The van der Waals surface area contributed by atoms with Crippen LogP contribution in [0.3, 0.4) is 0 Å². The van der Waals surface area contributed by atoms with E-state index in [1.165, 1.54) is 29.2 Å². The Balaban J connectivity index is 2.06. The van der Waals surface area contributed by atoms with Crippen molar-refractivity contribution in [2.45, 2.75) is 15.8 Å². The lowest BCUT2D eigenvalue weighted by atomic mass is 10.3. The summed E-state index contributed by atoms with van der Waals surface area (Å²) in [5, 5.41) is 18.4. The molecule has 2 heterocycles. The van der Waals surface area contributed by atoms with Gasteiger partial charge < -0.3 is 10.8 Å². The average Bonchev–Trinajstić information content (AvgIpc) is 2.76. The van der Waals surface area contributed by atoms with Gasteiger partial charge in [0.05, 0.1) is 12.1 Å². The maximum Gasteiger partial charge on any atom is 0.309 e. The molecular formula is C10H8N4O3S2. The molecule has 1 amide bonds. The summed E-state index contributed by atoms with van der Waals surface area (Å²) in [5.74, 6) is -1.56. The van der Waals surface area contributed by atoms with Crippen molar-refractivity contribution in [1.29, 1.82) is 0 Å². The quantitative estimate of drug-likeness (QED) is 0.837. The van der Waals surface area contributed by atoms with Crippen LogP contribution in [0.5, 0.6) is 0 Å². The number of primary amides is 1. The van der Waals surface area contributed by atoms with E-state index >= 15 is 0 Å². The van der Waals surface area contributed by atoms with Crippen LogP contribution in [0, 0.1) is 0 Å². The Labute approximate surface area is 115 Å². The van der Waals surface area contributed by atoms with Gasteiger partial charge in [-0.05, 0) is 23.9 Å². The van der Waals surface area contributed by atoms with Crippen LogP contribution < -0.4 is 5.73 Å². The number of carboxylic acids is 1. The molecule has 0 aliphatic heterocycles. The average molecular weight is 296 g/mol. The van der Waals surface area contributed by atoms with Gasteiger partial charge in [0.1, 0.15) is 5.03 Å². The number of amides is 1. The van der Waals surface area contributed by atoms with Crippen molar-refractivity contribution < 1.29 is 14.7 Å². The van der Waals surface area contributed by atoms with Gasteiger partial charge in [-0.3, -0.25) is 9.59 Å². The molecule has 0 atom stereocenters. The second kappa shape index (κ2) is 5.76. The van der Waals surface area contributed by atoms with E-state index in [0.29, 0.717) is 15.1 Å². The molecule has 0 radical (unpaired) electrons. The Hall–Kier alpha value is -2.00. The van der Waals surface area contributed by atoms with Crippen LogP contribution in [0.1, 0.15) is 16.2 Å². The summed E-state index contributed by atoms with van der Waals surface area (Å²) in [6.45, 7) is 0. The molecule has 0 bridgehead atoms. The van der Waals surface area contributed by atoms with E-state index in [1.807, 2.05) is 0 Å². The number of carboxylic acid groups (broad SMARTS) is 1. The van der Waals surface area contributed by atoms with Crippen molar-refractivity contribution in [1.82, 2.24) is 15.2 Å². The lowest BCUT2D eigenvalue weighted by molar-refractivity contribution is -0.136. The van der Waals surface area contributed by atoms with E-state index in [-0.39, 0.29) is 12.1 Å². The molecule has 0 aliphatic rings. The smallest absolute Gasteiger partial charge is 0.309 e. The lowest BCUT2D eigenvalue weighted by Crippen LogP contribution is -2.13. The zero-order valence-electron chi connectivity index (χ0n) is 9.44. The van der Waals surface area contributed by atoms with Gasteiger partial charge in [-0.1, -0.05) is 0 Å². The highest BCUT2D eigenvalue weighted by molar-refractivity contribution is 8.00. The van der Waals surface area contributed by atoms with Crippen LogP contribution in [0.2, 0.25) is 0 Å². The molecule has 0 saturated heterocycles. The van der Waals surface area contributed by atoms with E-state index in [2.05, 4.69) is 15.2 Å².